The van der Waals surface area contributed by atoms with Crippen molar-refractivity contribution in [1.82, 2.24) is 15.1 Å². The minimum absolute atomic E-state index is 0.00341. The van der Waals surface area contributed by atoms with Crippen molar-refractivity contribution in [2.24, 2.45) is 0 Å². The monoisotopic (exact) mass is 427 g/mol. The number of carbonyl (C=O) groups excluding carboxylic acids is 1. The molecule has 2 aromatic heterocycles. The van der Waals surface area contributed by atoms with E-state index in [1.807, 2.05) is 41.9 Å². The van der Waals surface area contributed by atoms with Crippen LogP contribution in [0.5, 0.6) is 0 Å². The molecule has 1 aromatic carbocycles. The van der Waals surface area contributed by atoms with Crippen LogP contribution in [0.25, 0.3) is 0 Å². The average molecular weight is 428 g/mol. The Morgan fingerprint density at radius 2 is 1.97 bits per heavy atom. The number of benzene rings is 1. The van der Waals surface area contributed by atoms with Crippen LogP contribution in [0.3, 0.4) is 0 Å². The lowest BCUT2D eigenvalue weighted by Crippen LogP contribution is -2.44. The van der Waals surface area contributed by atoms with Crippen LogP contribution in [0.15, 0.2) is 47.8 Å². The lowest BCUT2D eigenvalue weighted by molar-refractivity contribution is -0.126. The second-order valence-electron chi connectivity index (χ2n) is 7.91. The third kappa shape index (κ3) is 3.99. The number of aromatic nitrogens is 2. The van der Waals surface area contributed by atoms with Crippen LogP contribution in [-0.2, 0) is 10.2 Å². The van der Waals surface area contributed by atoms with Crippen LogP contribution < -0.4 is 5.32 Å². The largest absolute Gasteiger partial charge is 0.353 e. The summed E-state index contributed by atoms with van der Waals surface area (Å²) in [6, 6.07) is 14.0. The number of aryl methyl sites for hydroxylation is 2. The van der Waals surface area contributed by atoms with Gasteiger partial charge in [-0.3, -0.25) is 9.48 Å². The molecular weight excluding hydrogens is 402 g/mol. The van der Waals surface area contributed by atoms with E-state index in [0.717, 1.165) is 42.6 Å². The van der Waals surface area contributed by atoms with E-state index in [1.165, 1.54) is 4.88 Å². The van der Waals surface area contributed by atoms with Gasteiger partial charge in [-0.1, -0.05) is 42.6 Å². The summed E-state index contributed by atoms with van der Waals surface area (Å²) < 4.78 is 2.03. The zero-order valence-electron chi connectivity index (χ0n) is 16.8. The minimum atomic E-state index is -0.459. The third-order valence-electron chi connectivity index (χ3n) is 5.96. The van der Waals surface area contributed by atoms with Gasteiger partial charge in [0.1, 0.15) is 6.04 Å². The van der Waals surface area contributed by atoms with Gasteiger partial charge in [-0.25, -0.2) is 0 Å². The summed E-state index contributed by atoms with van der Waals surface area (Å²) in [5.41, 5.74) is 2.70. The van der Waals surface area contributed by atoms with Crippen LogP contribution in [0.1, 0.15) is 53.6 Å². The summed E-state index contributed by atoms with van der Waals surface area (Å²) in [4.78, 5) is 14.7. The summed E-state index contributed by atoms with van der Waals surface area (Å²) in [6.45, 7) is 4.59. The zero-order valence-corrected chi connectivity index (χ0v) is 18.4. The van der Waals surface area contributed by atoms with E-state index in [4.69, 9.17) is 11.6 Å². The van der Waals surface area contributed by atoms with Crippen molar-refractivity contribution in [3.05, 3.63) is 74.7 Å². The molecule has 2 heterocycles. The number of nitrogens with one attached hydrogen (secondary N) is 1. The topological polar surface area (TPSA) is 46.9 Å². The van der Waals surface area contributed by atoms with Gasteiger partial charge in [-0.05, 0) is 61.9 Å². The van der Waals surface area contributed by atoms with E-state index in [-0.39, 0.29) is 11.9 Å². The van der Waals surface area contributed by atoms with Gasteiger partial charge in [0.05, 0.1) is 11.1 Å². The van der Waals surface area contributed by atoms with Crippen molar-refractivity contribution in [3.63, 3.8) is 0 Å². The van der Waals surface area contributed by atoms with Gasteiger partial charge < -0.3 is 5.32 Å². The van der Waals surface area contributed by atoms with Gasteiger partial charge in [0, 0.05) is 22.1 Å². The van der Waals surface area contributed by atoms with Crippen molar-refractivity contribution in [2.45, 2.75) is 51.0 Å². The van der Waals surface area contributed by atoms with Crippen molar-refractivity contribution in [2.75, 3.05) is 6.54 Å². The normalized spacial score (nSPS) is 16.7. The quantitative estimate of drug-likeness (QED) is 0.569. The molecule has 1 fully saturated rings. The SMILES string of the molecule is Cc1cc(C)n(C(CNC(=O)C2(c3ccc(Cl)cc3)CCCC2)c2cccs2)n1. The van der Waals surface area contributed by atoms with E-state index in [0.29, 0.717) is 11.6 Å². The van der Waals surface area contributed by atoms with Crippen molar-refractivity contribution in [1.29, 1.82) is 0 Å². The van der Waals surface area contributed by atoms with Crippen LogP contribution in [0.4, 0.5) is 0 Å². The molecule has 6 heteroatoms. The predicted molar refractivity (Wildman–Crippen MR) is 119 cm³/mol. The fourth-order valence-electron chi connectivity index (χ4n) is 4.50. The molecule has 1 aliphatic rings. The molecule has 0 bridgehead atoms. The first kappa shape index (κ1) is 20.2. The molecule has 3 aromatic rings. The van der Waals surface area contributed by atoms with E-state index in [1.54, 1.807) is 11.3 Å². The number of thiophene rings is 1. The molecule has 0 saturated heterocycles. The molecule has 1 atom stereocenters. The standard InChI is InChI=1S/C23H26ClN3OS/c1-16-14-17(2)27(26-16)20(21-6-5-13-29-21)15-25-22(28)23(11-3-4-12-23)18-7-9-19(24)10-8-18/h5-10,13-14,20H,3-4,11-12,15H2,1-2H3,(H,25,28). The maximum Gasteiger partial charge on any atom is 0.230 e. The van der Waals surface area contributed by atoms with E-state index in [9.17, 15) is 4.79 Å². The number of nitrogens with zero attached hydrogens (tertiary/aromatic N) is 2. The molecule has 0 aliphatic heterocycles. The molecule has 0 radical (unpaired) electrons. The van der Waals surface area contributed by atoms with Crippen molar-refractivity contribution in [3.8, 4) is 0 Å². The van der Waals surface area contributed by atoms with E-state index >= 15 is 0 Å². The fraction of sp³-hybridized carbons (Fsp3) is 0.391. The maximum absolute atomic E-state index is 13.5. The van der Waals surface area contributed by atoms with Gasteiger partial charge in [-0.15, -0.1) is 11.3 Å². The van der Waals surface area contributed by atoms with Gasteiger partial charge in [0.15, 0.2) is 0 Å². The molecule has 1 amide bonds. The fourth-order valence-corrected chi connectivity index (χ4v) is 5.44. The summed E-state index contributed by atoms with van der Waals surface area (Å²) in [5.74, 6) is 0.111. The van der Waals surface area contributed by atoms with E-state index < -0.39 is 5.41 Å². The van der Waals surface area contributed by atoms with Gasteiger partial charge in [0.2, 0.25) is 5.91 Å². The smallest absolute Gasteiger partial charge is 0.230 e. The minimum Gasteiger partial charge on any atom is -0.353 e. The highest BCUT2D eigenvalue weighted by atomic mass is 35.5. The maximum atomic E-state index is 13.5. The number of rotatable bonds is 6. The molecule has 29 heavy (non-hydrogen) atoms. The average Bonchev–Trinajstić information content (AvgIpc) is 3.45. The summed E-state index contributed by atoms with van der Waals surface area (Å²) in [6.07, 6.45) is 3.90. The molecule has 0 spiro atoms. The lowest BCUT2D eigenvalue weighted by Gasteiger charge is -2.29. The zero-order chi connectivity index (χ0) is 20.4. The summed E-state index contributed by atoms with van der Waals surface area (Å²) in [7, 11) is 0. The van der Waals surface area contributed by atoms with Crippen molar-refractivity contribution < 1.29 is 4.79 Å². The Morgan fingerprint density at radius 3 is 2.55 bits per heavy atom. The Hall–Kier alpha value is -2.11. The van der Waals surface area contributed by atoms with Gasteiger partial charge in [-0.2, -0.15) is 5.10 Å². The number of halogens is 1. The van der Waals surface area contributed by atoms with Gasteiger partial charge in [0.25, 0.3) is 0 Å². The molecule has 152 valence electrons. The molecule has 1 unspecified atom stereocenters. The summed E-state index contributed by atoms with van der Waals surface area (Å²) >= 11 is 7.78. The third-order valence-corrected chi connectivity index (χ3v) is 7.18. The molecule has 4 nitrogen and oxygen atoms in total. The second-order valence-corrected chi connectivity index (χ2v) is 9.32. The first-order valence-corrected chi connectivity index (χ1v) is 11.4. The first-order chi connectivity index (χ1) is 14.0. The number of hydrogen-bond acceptors (Lipinski definition) is 3. The van der Waals surface area contributed by atoms with Crippen LogP contribution in [0, 0.1) is 13.8 Å². The lowest BCUT2D eigenvalue weighted by atomic mass is 9.78. The van der Waals surface area contributed by atoms with Crippen LogP contribution in [-0.4, -0.2) is 22.2 Å². The van der Waals surface area contributed by atoms with Crippen LogP contribution in [0.2, 0.25) is 5.02 Å². The Labute approximate surface area is 180 Å². The molecule has 4 rings (SSSR count). The first-order valence-electron chi connectivity index (χ1n) is 10.1. The van der Waals surface area contributed by atoms with Crippen molar-refractivity contribution >= 4 is 28.8 Å². The Bertz CT molecular complexity index is 972. The molecule has 1 aliphatic carbocycles. The van der Waals surface area contributed by atoms with Crippen LogP contribution >= 0.6 is 22.9 Å². The Balaban J connectivity index is 1.58. The Morgan fingerprint density at radius 1 is 1.24 bits per heavy atom. The number of hydrogen-bond donors (Lipinski definition) is 1. The summed E-state index contributed by atoms with van der Waals surface area (Å²) in [5, 5.41) is 10.7. The Kier molecular flexibility index (Phi) is 5.79. The second kappa shape index (κ2) is 8.33. The highest BCUT2D eigenvalue weighted by Gasteiger charge is 2.42. The number of carbonyl (C=O) groups is 1. The molecular formula is C23H26ClN3OS. The molecule has 1 saturated carbocycles. The highest BCUT2D eigenvalue weighted by Crippen LogP contribution is 2.41. The highest BCUT2D eigenvalue weighted by molar-refractivity contribution is 7.10. The van der Waals surface area contributed by atoms with Gasteiger partial charge >= 0.3 is 0 Å². The number of amides is 1. The molecule has 1 N–H and O–H groups in total. The predicted octanol–water partition coefficient (Wildman–Crippen LogP) is 5.43. The van der Waals surface area contributed by atoms with E-state index in [2.05, 4.69) is 34.9 Å².